The molecule has 35 heavy (non-hydrogen) atoms. The normalized spacial score (nSPS) is 10.6. The van der Waals surface area contributed by atoms with Crippen LogP contribution in [0.15, 0.2) is 79.1 Å². The van der Waals surface area contributed by atoms with Gasteiger partial charge in [-0.25, -0.2) is 0 Å². The van der Waals surface area contributed by atoms with Crippen molar-refractivity contribution in [1.29, 1.82) is 0 Å². The van der Waals surface area contributed by atoms with Crippen molar-refractivity contribution in [3.05, 3.63) is 116 Å². The number of hydrogen-bond donors (Lipinski definition) is 2. The second-order valence-electron chi connectivity index (χ2n) is 7.52. The molecule has 0 fully saturated rings. The molecule has 10 heteroatoms. The number of benzene rings is 3. The summed E-state index contributed by atoms with van der Waals surface area (Å²) in [6, 6.07) is 18.7. The first-order chi connectivity index (χ1) is 16.9. The van der Waals surface area contributed by atoms with Gasteiger partial charge in [-0.05, 0) is 47.5 Å². The second kappa shape index (κ2) is 11.3. The molecule has 4 rings (SSSR count). The first-order valence-electron chi connectivity index (χ1n) is 10.4. The maximum Gasteiger partial charge on any atom is 0.269 e. The maximum absolute atomic E-state index is 12.4. The first-order valence-corrected chi connectivity index (χ1v) is 11.5. The van der Waals surface area contributed by atoms with Crippen LogP contribution in [-0.2, 0) is 13.2 Å². The number of ether oxygens (including phenoxy) is 1. The lowest BCUT2D eigenvalue weighted by molar-refractivity contribution is 0.0846. The van der Waals surface area contributed by atoms with Crippen LogP contribution in [0.25, 0.3) is 0 Å². The molecule has 2 amide bonds. The predicted octanol–water partition coefficient (Wildman–Crippen LogP) is 5.55. The van der Waals surface area contributed by atoms with E-state index < -0.39 is 11.8 Å². The highest BCUT2D eigenvalue weighted by atomic mass is 35.5. The number of aromatic nitrogens is 2. The lowest BCUT2D eigenvalue weighted by Crippen LogP contribution is -2.41. The summed E-state index contributed by atoms with van der Waals surface area (Å²) in [4.78, 5) is 24.8. The second-order valence-corrected chi connectivity index (χ2v) is 8.80. The Hall–Kier alpha value is -3.52. The van der Waals surface area contributed by atoms with Crippen molar-refractivity contribution in [3.63, 3.8) is 0 Å². The zero-order valence-electron chi connectivity index (χ0n) is 18.2. The summed E-state index contributed by atoms with van der Waals surface area (Å²) >= 11 is 17.9. The largest absolute Gasteiger partial charge is 0.487 e. The smallest absolute Gasteiger partial charge is 0.269 e. The number of nitrogens with one attached hydrogen (secondary N) is 2. The van der Waals surface area contributed by atoms with Crippen LogP contribution < -0.4 is 15.6 Å². The third-order valence-corrected chi connectivity index (χ3v) is 5.70. The molecule has 2 N–H and O–H groups in total. The van der Waals surface area contributed by atoms with Gasteiger partial charge in [-0.15, -0.1) is 0 Å². The summed E-state index contributed by atoms with van der Waals surface area (Å²) in [6.07, 6.45) is 3.27. The fourth-order valence-corrected chi connectivity index (χ4v) is 3.62. The van der Waals surface area contributed by atoms with Crippen molar-refractivity contribution in [1.82, 2.24) is 20.6 Å². The Bertz CT molecular complexity index is 1340. The highest BCUT2D eigenvalue weighted by molar-refractivity contribution is 6.34. The molecule has 4 aromatic rings. The number of hydrogen-bond acceptors (Lipinski definition) is 4. The molecule has 0 saturated carbocycles. The van der Waals surface area contributed by atoms with Gasteiger partial charge in [0.1, 0.15) is 12.4 Å². The molecule has 178 valence electrons. The summed E-state index contributed by atoms with van der Waals surface area (Å²) in [5, 5.41) is 5.66. The van der Waals surface area contributed by atoms with Crippen LogP contribution in [0.4, 0.5) is 0 Å². The number of rotatable bonds is 7. The molecule has 1 heterocycles. The number of halogens is 3. The Morgan fingerprint density at radius 2 is 1.40 bits per heavy atom. The lowest BCUT2D eigenvalue weighted by Gasteiger charge is -2.10. The van der Waals surface area contributed by atoms with Gasteiger partial charge in [-0.3, -0.25) is 25.1 Å². The summed E-state index contributed by atoms with van der Waals surface area (Å²) < 4.78 is 7.39. The molecule has 7 nitrogen and oxygen atoms in total. The molecule has 0 radical (unpaired) electrons. The Morgan fingerprint density at radius 3 is 1.97 bits per heavy atom. The fraction of sp³-hybridized carbons (Fsp3) is 0.0800. The Balaban J connectivity index is 1.27. The third-order valence-electron chi connectivity index (χ3n) is 4.96. The van der Waals surface area contributed by atoms with Gasteiger partial charge in [0.15, 0.2) is 0 Å². The molecule has 1 aromatic heterocycles. The van der Waals surface area contributed by atoms with Crippen LogP contribution in [0.5, 0.6) is 5.75 Å². The minimum Gasteiger partial charge on any atom is -0.487 e. The molecule has 0 unspecified atom stereocenters. The van der Waals surface area contributed by atoms with Crippen LogP contribution in [0.1, 0.15) is 31.8 Å². The third kappa shape index (κ3) is 6.76. The molecular weight excluding hydrogens is 511 g/mol. The molecule has 3 aromatic carbocycles. The van der Waals surface area contributed by atoms with E-state index in [0.29, 0.717) is 38.5 Å². The van der Waals surface area contributed by atoms with Crippen LogP contribution in [-0.4, -0.2) is 21.6 Å². The Labute approximate surface area is 216 Å². The van der Waals surface area contributed by atoms with E-state index in [0.717, 1.165) is 11.1 Å². The van der Waals surface area contributed by atoms with E-state index in [2.05, 4.69) is 16.0 Å². The van der Waals surface area contributed by atoms with E-state index in [1.54, 1.807) is 71.7 Å². The van der Waals surface area contributed by atoms with E-state index in [1.165, 1.54) is 0 Å². The monoisotopic (exact) mass is 528 g/mol. The Morgan fingerprint density at radius 1 is 0.800 bits per heavy atom. The van der Waals surface area contributed by atoms with Crippen LogP contribution >= 0.6 is 34.8 Å². The van der Waals surface area contributed by atoms with E-state index in [1.807, 2.05) is 12.1 Å². The van der Waals surface area contributed by atoms with Gasteiger partial charge in [0.2, 0.25) is 0 Å². The van der Waals surface area contributed by atoms with Gasteiger partial charge in [0, 0.05) is 28.4 Å². The molecule has 0 aliphatic rings. The zero-order valence-corrected chi connectivity index (χ0v) is 20.4. The van der Waals surface area contributed by atoms with E-state index in [-0.39, 0.29) is 6.61 Å². The standard InChI is InChI=1S/C25H19Cl3N4O3/c26-20-9-10-22(28)23(11-20)35-15-17-3-7-19(8-4-17)25(34)31-30-24(33)18-5-1-16(2-6-18)13-32-14-21(27)12-29-32/h1-12,14H,13,15H2,(H,30,33)(H,31,34). The maximum atomic E-state index is 12.4. The van der Waals surface area contributed by atoms with Crippen molar-refractivity contribution in [2.75, 3.05) is 0 Å². The summed E-state index contributed by atoms with van der Waals surface area (Å²) in [5.41, 5.74) is 7.40. The van der Waals surface area contributed by atoms with Gasteiger partial charge < -0.3 is 4.74 Å². The highest BCUT2D eigenvalue weighted by Gasteiger charge is 2.10. The number of carbonyl (C=O) groups excluding carboxylic acids is 2. The lowest BCUT2D eigenvalue weighted by atomic mass is 10.1. The fourth-order valence-electron chi connectivity index (χ4n) is 3.13. The predicted molar refractivity (Wildman–Crippen MR) is 135 cm³/mol. The molecule has 0 saturated heterocycles. The van der Waals surface area contributed by atoms with Crippen molar-refractivity contribution < 1.29 is 14.3 Å². The van der Waals surface area contributed by atoms with E-state index in [4.69, 9.17) is 39.5 Å². The number of amides is 2. The topological polar surface area (TPSA) is 85.3 Å². The zero-order chi connectivity index (χ0) is 24.8. The van der Waals surface area contributed by atoms with Crippen molar-refractivity contribution in [2.24, 2.45) is 0 Å². The Kier molecular flexibility index (Phi) is 7.92. The average molecular weight is 530 g/mol. The number of carbonyl (C=O) groups is 2. The van der Waals surface area contributed by atoms with Crippen LogP contribution in [0.3, 0.4) is 0 Å². The number of nitrogens with zero attached hydrogens (tertiary/aromatic N) is 2. The molecule has 0 bridgehead atoms. The molecular formula is C25H19Cl3N4O3. The molecule has 0 aliphatic carbocycles. The van der Waals surface area contributed by atoms with Crippen LogP contribution in [0, 0.1) is 0 Å². The molecule has 0 aliphatic heterocycles. The van der Waals surface area contributed by atoms with Gasteiger partial charge in [0.25, 0.3) is 11.8 Å². The minimum atomic E-state index is -0.448. The van der Waals surface area contributed by atoms with Crippen molar-refractivity contribution >= 4 is 46.6 Å². The highest BCUT2D eigenvalue weighted by Crippen LogP contribution is 2.28. The summed E-state index contributed by atoms with van der Waals surface area (Å²) in [5.74, 6) is -0.408. The first kappa shape index (κ1) is 24.6. The van der Waals surface area contributed by atoms with Gasteiger partial charge >= 0.3 is 0 Å². The van der Waals surface area contributed by atoms with Crippen molar-refractivity contribution in [2.45, 2.75) is 13.2 Å². The minimum absolute atomic E-state index is 0.252. The van der Waals surface area contributed by atoms with E-state index in [9.17, 15) is 9.59 Å². The van der Waals surface area contributed by atoms with Crippen molar-refractivity contribution in [3.8, 4) is 5.75 Å². The van der Waals surface area contributed by atoms with Gasteiger partial charge in [-0.1, -0.05) is 59.1 Å². The van der Waals surface area contributed by atoms with E-state index >= 15 is 0 Å². The average Bonchev–Trinajstić information content (AvgIpc) is 3.28. The number of hydrazine groups is 1. The summed E-state index contributed by atoms with van der Waals surface area (Å²) in [7, 11) is 0. The SMILES string of the molecule is O=C(NNC(=O)c1ccc(Cn2cc(Cl)cn2)cc1)c1ccc(COc2cc(Cl)ccc2Cl)cc1. The van der Waals surface area contributed by atoms with Gasteiger partial charge in [0.05, 0.1) is 22.8 Å². The molecule has 0 atom stereocenters. The molecule has 0 spiro atoms. The van der Waals surface area contributed by atoms with Gasteiger partial charge in [-0.2, -0.15) is 5.10 Å². The quantitative estimate of drug-likeness (QED) is 0.308. The van der Waals surface area contributed by atoms with Crippen LogP contribution in [0.2, 0.25) is 15.1 Å². The summed E-state index contributed by atoms with van der Waals surface area (Å²) in [6.45, 7) is 0.778.